The lowest BCUT2D eigenvalue weighted by molar-refractivity contribution is 0.258. The first kappa shape index (κ1) is 15.1. The third-order valence-corrected chi connectivity index (χ3v) is 3.41. The fraction of sp³-hybridized carbons (Fsp3) is 0.235. The van der Waals surface area contributed by atoms with Gasteiger partial charge in [0.2, 0.25) is 0 Å². The first-order valence-electron chi connectivity index (χ1n) is 6.94. The Hall–Kier alpha value is -2.33. The summed E-state index contributed by atoms with van der Waals surface area (Å²) in [5, 5.41) is 2.87. The SMILES string of the molecule is Cc1ccc(N(C)C(=O)Nc2ccc(C(C)N)cc2)cc1. The first-order valence-corrected chi connectivity index (χ1v) is 6.94. The molecule has 4 heteroatoms. The summed E-state index contributed by atoms with van der Waals surface area (Å²) in [7, 11) is 1.75. The number of hydrogen-bond acceptors (Lipinski definition) is 2. The minimum absolute atomic E-state index is 0.00927. The molecule has 2 aromatic carbocycles. The van der Waals surface area contributed by atoms with Crippen molar-refractivity contribution in [3.05, 3.63) is 59.7 Å². The topological polar surface area (TPSA) is 58.4 Å². The van der Waals surface area contributed by atoms with Crippen LogP contribution in [0.5, 0.6) is 0 Å². The van der Waals surface area contributed by atoms with Gasteiger partial charge in [0.05, 0.1) is 0 Å². The highest BCUT2D eigenvalue weighted by Gasteiger charge is 2.10. The maximum Gasteiger partial charge on any atom is 0.326 e. The zero-order valence-corrected chi connectivity index (χ0v) is 12.6. The van der Waals surface area contributed by atoms with E-state index >= 15 is 0 Å². The lowest BCUT2D eigenvalue weighted by Crippen LogP contribution is -2.31. The third kappa shape index (κ3) is 3.83. The molecule has 21 heavy (non-hydrogen) atoms. The van der Waals surface area contributed by atoms with Gasteiger partial charge in [-0.1, -0.05) is 29.8 Å². The molecule has 2 rings (SSSR count). The number of benzene rings is 2. The molecule has 3 N–H and O–H groups in total. The van der Waals surface area contributed by atoms with Gasteiger partial charge in [0.15, 0.2) is 0 Å². The number of carbonyl (C=O) groups is 1. The van der Waals surface area contributed by atoms with E-state index in [-0.39, 0.29) is 12.1 Å². The lowest BCUT2D eigenvalue weighted by atomic mass is 10.1. The summed E-state index contributed by atoms with van der Waals surface area (Å²) in [4.78, 5) is 13.8. The quantitative estimate of drug-likeness (QED) is 0.902. The Bertz CT molecular complexity index is 603. The second-order valence-corrected chi connectivity index (χ2v) is 5.24. The fourth-order valence-corrected chi connectivity index (χ4v) is 1.96. The number of hydrogen-bond donors (Lipinski definition) is 2. The standard InChI is InChI=1S/C17H21N3O/c1-12-4-10-16(11-5-12)20(3)17(21)19-15-8-6-14(7-9-15)13(2)18/h4-11,13H,18H2,1-3H3,(H,19,21). The highest BCUT2D eigenvalue weighted by atomic mass is 16.2. The highest BCUT2D eigenvalue weighted by molar-refractivity contribution is 6.01. The molecule has 4 nitrogen and oxygen atoms in total. The van der Waals surface area contributed by atoms with Crippen LogP contribution in [0.15, 0.2) is 48.5 Å². The molecule has 1 unspecified atom stereocenters. The van der Waals surface area contributed by atoms with E-state index in [2.05, 4.69) is 5.32 Å². The van der Waals surface area contributed by atoms with E-state index in [1.54, 1.807) is 11.9 Å². The predicted molar refractivity (Wildman–Crippen MR) is 87.6 cm³/mol. The van der Waals surface area contributed by atoms with Gasteiger partial charge in [0.1, 0.15) is 0 Å². The summed E-state index contributed by atoms with van der Waals surface area (Å²) in [5.74, 6) is 0. The summed E-state index contributed by atoms with van der Waals surface area (Å²) in [6, 6.07) is 15.2. The second-order valence-electron chi connectivity index (χ2n) is 5.24. The zero-order valence-electron chi connectivity index (χ0n) is 12.6. The van der Waals surface area contributed by atoms with E-state index in [0.717, 1.165) is 16.9 Å². The largest absolute Gasteiger partial charge is 0.326 e. The van der Waals surface area contributed by atoms with Crippen LogP contribution in [0.3, 0.4) is 0 Å². The van der Waals surface area contributed by atoms with Gasteiger partial charge < -0.3 is 11.1 Å². The van der Waals surface area contributed by atoms with E-state index in [1.165, 1.54) is 5.56 Å². The molecule has 0 radical (unpaired) electrons. The van der Waals surface area contributed by atoms with Gasteiger partial charge in [0, 0.05) is 24.5 Å². The molecule has 0 aliphatic rings. The molecule has 0 aromatic heterocycles. The summed E-state index contributed by atoms with van der Waals surface area (Å²) in [5.41, 5.74) is 9.62. The number of nitrogens with one attached hydrogen (secondary N) is 1. The molecule has 0 fully saturated rings. The average molecular weight is 283 g/mol. The second kappa shape index (κ2) is 6.41. The Morgan fingerprint density at radius 1 is 1.10 bits per heavy atom. The Labute approximate surface area is 125 Å². The number of nitrogens with two attached hydrogens (primary N) is 1. The van der Waals surface area contributed by atoms with Crippen molar-refractivity contribution in [1.29, 1.82) is 0 Å². The minimum Gasteiger partial charge on any atom is -0.324 e. The molecule has 0 saturated heterocycles. The number of amides is 2. The van der Waals surface area contributed by atoms with Crippen molar-refractivity contribution < 1.29 is 4.79 Å². The van der Waals surface area contributed by atoms with Crippen LogP contribution in [0.1, 0.15) is 24.1 Å². The lowest BCUT2D eigenvalue weighted by Gasteiger charge is -2.18. The van der Waals surface area contributed by atoms with Crippen molar-refractivity contribution in [2.24, 2.45) is 5.73 Å². The van der Waals surface area contributed by atoms with Gasteiger partial charge in [-0.3, -0.25) is 4.90 Å². The summed E-state index contributed by atoms with van der Waals surface area (Å²) >= 11 is 0. The molecule has 110 valence electrons. The molecule has 0 heterocycles. The monoisotopic (exact) mass is 283 g/mol. The van der Waals surface area contributed by atoms with E-state index in [4.69, 9.17) is 5.73 Å². The predicted octanol–water partition coefficient (Wildman–Crippen LogP) is 3.68. The van der Waals surface area contributed by atoms with Crippen molar-refractivity contribution >= 4 is 17.4 Å². The van der Waals surface area contributed by atoms with Gasteiger partial charge in [0.25, 0.3) is 0 Å². The van der Waals surface area contributed by atoms with Gasteiger partial charge in [-0.05, 0) is 43.7 Å². The van der Waals surface area contributed by atoms with Crippen molar-refractivity contribution in [1.82, 2.24) is 0 Å². The number of anilines is 2. The smallest absolute Gasteiger partial charge is 0.324 e. The zero-order chi connectivity index (χ0) is 15.4. The van der Waals surface area contributed by atoms with Crippen LogP contribution >= 0.6 is 0 Å². The molecule has 0 bridgehead atoms. The number of aryl methyl sites for hydroxylation is 1. The maximum absolute atomic E-state index is 12.2. The van der Waals surface area contributed by atoms with Crippen LogP contribution in [0.4, 0.5) is 16.2 Å². The molecular weight excluding hydrogens is 262 g/mol. The summed E-state index contributed by atoms with van der Waals surface area (Å²) < 4.78 is 0. The van der Waals surface area contributed by atoms with Crippen molar-refractivity contribution in [3.63, 3.8) is 0 Å². The van der Waals surface area contributed by atoms with Crippen molar-refractivity contribution in [2.45, 2.75) is 19.9 Å². The molecular formula is C17H21N3O. The van der Waals surface area contributed by atoms with Crippen LogP contribution in [0.2, 0.25) is 0 Å². The van der Waals surface area contributed by atoms with Crippen LogP contribution in [-0.4, -0.2) is 13.1 Å². The number of carbonyl (C=O) groups excluding carboxylic acids is 1. The normalized spacial score (nSPS) is 11.8. The third-order valence-electron chi connectivity index (χ3n) is 3.41. The highest BCUT2D eigenvalue weighted by Crippen LogP contribution is 2.17. The van der Waals surface area contributed by atoms with E-state index in [0.29, 0.717) is 0 Å². The van der Waals surface area contributed by atoms with Crippen LogP contribution < -0.4 is 16.0 Å². The van der Waals surface area contributed by atoms with Crippen LogP contribution in [0, 0.1) is 6.92 Å². The van der Waals surface area contributed by atoms with E-state index in [9.17, 15) is 4.79 Å². The van der Waals surface area contributed by atoms with Crippen molar-refractivity contribution in [3.8, 4) is 0 Å². The Morgan fingerprint density at radius 3 is 2.19 bits per heavy atom. The van der Waals surface area contributed by atoms with Gasteiger partial charge in [-0.2, -0.15) is 0 Å². The number of urea groups is 1. The number of rotatable bonds is 3. The molecule has 2 aromatic rings. The van der Waals surface area contributed by atoms with E-state index in [1.807, 2.05) is 62.4 Å². The van der Waals surface area contributed by atoms with Gasteiger partial charge >= 0.3 is 6.03 Å². The van der Waals surface area contributed by atoms with Crippen LogP contribution in [0.25, 0.3) is 0 Å². The molecule has 0 spiro atoms. The van der Waals surface area contributed by atoms with Gasteiger partial charge in [-0.25, -0.2) is 4.79 Å². The molecule has 0 saturated carbocycles. The molecule has 0 aliphatic heterocycles. The Balaban J connectivity index is 2.05. The first-order chi connectivity index (χ1) is 9.97. The summed E-state index contributed by atoms with van der Waals surface area (Å²) in [6.45, 7) is 3.95. The van der Waals surface area contributed by atoms with Crippen molar-refractivity contribution in [2.75, 3.05) is 17.3 Å². The molecule has 2 amide bonds. The van der Waals surface area contributed by atoms with Crippen LogP contribution in [-0.2, 0) is 0 Å². The van der Waals surface area contributed by atoms with Gasteiger partial charge in [-0.15, -0.1) is 0 Å². The maximum atomic E-state index is 12.2. The minimum atomic E-state index is -0.174. The fourth-order valence-electron chi connectivity index (χ4n) is 1.96. The molecule has 1 atom stereocenters. The van der Waals surface area contributed by atoms with E-state index < -0.39 is 0 Å². The number of nitrogens with zero attached hydrogens (tertiary/aromatic N) is 1. The summed E-state index contributed by atoms with van der Waals surface area (Å²) in [6.07, 6.45) is 0. The Morgan fingerprint density at radius 2 is 1.67 bits per heavy atom. The molecule has 0 aliphatic carbocycles. The Kier molecular flexibility index (Phi) is 4.60. The average Bonchev–Trinajstić information content (AvgIpc) is 2.47.